The van der Waals surface area contributed by atoms with E-state index >= 15 is 0 Å². The molecular formula is C14H16F2N2O2. The lowest BCUT2D eigenvalue weighted by Gasteiger charge is -2.39. The number of carbonyl (C=O) groups is 2. The van der Waals surface area contributed by atoms with Crippen LogP contribution in [0.2, 0.25) is 0 Å². The van der Waals surface area contributed by atoms with Gasteiger partial charge in [-0.05, 0) is 25.0 Å². The van der Waals surface area contributed by atoms with Crippen molar-refractivity contribution in [1.82, 2.24) is 5.32 Å². The third-order valence-electron chi connectivity index (χ3n) is 3.32. The quantitative estimate of drug-likeness (QED) is 0.900. The molecule has 1 heterocycles. The molecule has 0 aliphatic carbocycles. The standard InChI is InChI=1S/C14H16F2N2O2/c1-7(2)11-13(19)17-8(3)14(20)18(11)12-9(15)5-4-6-10(12)16/h4-8,11H,1-3H3,(H,17,19). The molecule has 4 nitrogen and oxygen atoms in total. The normalized spacial score (nSPS) is 23.2. The lowest BCUT2D eigenvalue weighted by atomic mass is 9.96. The van der Waals surface area contributed by atoms with Gasteiger partial charge in [0, 0.05) is 0 Å². The minimum Gasteiger partial charge on any atom is -0.343 e. The number of rotatable bonds is 2. The first-order valence-corrected chi connectivity index (χ1v) is 6.42. The molecule has 1 aliphatic rings. The summed E-state index contributed by atoms with van der Waals surface area (Å²) >= 11 is 0. The Bertz CT molecular complexity index is 540. The fourth-order valence-corrected chi connectivity index (χ4v) is 2.39. The highest BCUT2D eigenvalue weighted by atomic mass is 19.1. The maximum absolute atomic E-state index is 13.9. The molecule has 1 aromatic rings. The van der Waals surface area contributed by atoms with Gasteiger partial charge >= 0.3 is 0 Å². The van der Waals surface area contributed by atoms with Crippen LogP contribution in [0.25, 0.3) is 0 Å². The van der Waals surface area contributed by atoms with E-state index in [1.165, 1.54) is 13.0 Å². The van der Waals surface area contributed by atoms with Crippen LogP contribution in [0.15, 0.2) is 18.2 Å². The second-order valence-electron chi connectivity index (χ2n) is 5.20. The number of anilines is 1. The largest absolute Gasteiger partial charge is 0.343 e. The van der Waals surface area contributed by atoms with Gasteiger partial charge in [0.1, 0.15) is 29.4 Å². The number of para-hydroxylation sites is 1. The lowest BCUT2D eigenvalue weighted by Crippen LogP contribution is -2.64. The number of hydrogen-bond donors (Lipinski definition) is 1. The van der Waals surface area contributed by atoms with E-state index in [1.807, 2.05) is 0 Å². The molecule has 108 valence electrons. The second kappa shape index (κ2) is 5.19. The van der Waals surface area contributed by atoms with Crippen LogP contribution >= 0.6 is 0 Å². The molecule has 0 aromatic heterocycles. The highest BCUT2D eigenvalue weighted by molar-refractivity contribution is 6.08. The van der Waals surface area contributed by atoms with Crippen molar-refractivity contribution in [2.75, 3.05) is 4.90 Å². The molecule has 1 aromatic carbocycles. The van der Waals surface area contributed by atoms with E-state index in [-0.39, 0.29) is 5.92 Å². The summed E-state index contributed by atoms with van der Waals surface area (Å²) in [6.07, 6.45) is 0. The van der Waals surface area contributed by atoms with Crippen molar-refractivity contribution < 1.29 is 18.4 Å². The van der Waals surface area contributed by atoms with E-state index in [1.54, 1.807) is 13.8 Å². The van der Waals surface area contributed by atoms with Crippen molar-refractivity contribution in [3.8, 4) is 0 Å². The number of nitrogens with one attached hydrogen (secondary N) is 1. The fourth-order valence-electron chi connectivity index (χ4n) is 2.39. The van der Waals surface area contributed by atoms with Gasteiger partial charge in [0.25, 0.3) is 0 Å². The average Bonchev–Trinajstić information content (AvgIpc) is 2.34. The van der Waals surface area contributed by atoms with Gasteiger partial charge in [0.15, 0.2) is 0 Å². The van der Waals surface area contributed by atoms with E-state index in [9.17, 15) is 18.4 Å². The van der Waals surface area contributed by atoms with Gasteiger partial charge < -0.3 is 5.32 Å². The zero-order chi connectivity index (χ0) is 15.0. The first-order chi connectivity index (χ1) is 9.34. The molecule has 0 saturated carbocycles. The lowest BCUT2D eigenvalue weighted by molar-refractivity contribution is -0.134. The summed E-state index contributed by atoms with van der Waals surface area (Å²) in [7, 11) is 0. The van der Waals surface area contributed by atoms with Gasteiger partial charge in [-0.1, -0.05) is 19.9 Å². The predicted octanol–water partition coefficient (Wildman–Crippen LogP) is 1.84. The van der Waals surface area contributed by atoms with Crippen molar-refractivity contribution in [3.63, 3.8) is 0 Å². The molecule has 2 rings (SSSR count). The van der Waals surface area contributed by atoms with Crippen LogP contribution in [0.1, 0.15) is 20.8 Å². The van der Waals surface area contributed by atoms with Gasteiger partial charge in [-0.25, -0.2) is 8.78 Å². The summed E-state index contributed by atoms with van der Waals surface area (Å²) in [4.78, 5) is 25.3. The SMILES string of the molecule is CC1NC(=O)C(C(C)C)N(c2c(F)cccc2F)C1=O. The summed E-state index contributed by atoms with van der Waals surface area (Å²) in [5.74, 6) is -2.91. The van der Waals surface area contributed by atoms with Crippen molar-refractivity contribution in [2.45, 2.75) is 32.9 Å². The third kappa shape index (κ3) is 2.26. The maximum atomic E-state index is 13.9. The molecule has 2 amide bonds. The Morgan fingerprint density at radius 1 is 1.20 bits per heavy atom. The van der Waals surface area contributed by atoms with Crippen LogP contribution in [-0.4, -0.2) is 23.9 Å². The van der Waals surface area contributed by atoms with E-state index in [0.29, 0.717) is 0 Å². The summed E-state index contributed by atoms with van der Waals surface area (Å²) in [5.41, 5.74) is -0.460. The molecule has 0 radical (unpaired) electrons. The Morgan fingerprint density at radius 3 is 2.25 bits per heavy atom. The highest BCUT2D eigenvalue weighted by Gasteiger charge is 2.43. The smallest absolute Gasteiger partial charge is 0.250 e. The number of hydrogen-bond acceptors (Lipinski definition) is 2. The minimum atomic E-state index is -0.926. The summed E-state index contributed by atoms with van der Waals surface area (Å²) < 4.78 is 27.9. The molecule has 1 fully saturated rings. The van der Waals surface area contributed by atoms with Gasteiger partial charge in [-0.3, -0.25) is 14.5 Å². The Hall–Kier alpha value is -1.98. The molecule has 20 heavy (non-hydrogen) atoms. The molecule has 2 unspecified atom stereocenters. The number of amides is 2. The zero-order valence-electron chi connectivity index (χ0n) is 11.5. The summed E-state index contributed by atoms with van der Waals surface area (Å²) in [5, 5.41) is 2.52. The van der Waals surface area contributed by atoms with Crippen molar-refractivity contribution in [3.05, 3.63) is 29.8 Å². The first-order valence-electron chi connectivity index (χ1n) is 6.42. The number of halogens is 2. The number of piperazine rings is 1. The van der Waals surface area contributed by atoms with Crippen LogP contribution in [-0.2, 0) is 9.59 Å². The molecule has 2 atom stereocenters. The zero-order valence-corrected chi connectivity index (χ0v) is 11.5. The van der Waals surface area contributed by atoms with E-state index in [0.717, 1.165) is 17.0 Å². The van der Waals surface area contributed by atoms with Gasteiger partial charge in [0.05, 0.1) is 0 Å². The number of carbonyl (C=O) groups excluding carboxylic acids is 2. The fraction of sp³-hybridized carbons (Fsp3) is 0.429. The summed E-state index contributed by atoms with van der Waals surface area (Å²) in [6, 6.07) is 1.62. The topological polar surface area (TPSA) is 49.4 Å². The monoisotopic (exact) mass is 282 g/mol. The highest BCUT2D eigenvalue weighted by Crippen LogP contribution is 2.30. The van der Waals surface area contributed by atoms with E-state index < -0.39 is 41.2 Å². The Labute approximate surface area is 115 Å². The van der Waals surface area contributed by atoms with Gasteiger partial charge in [-0.15, -0.1) is 0 Å². The van der Waals surface area contributed by atoms with Crippen LogP contribution in [0.3, 0.4) is 0 Å². The second-order valence-corrected chi connectivity index (χ2v) is 5.20. The number of nitrogens with zero attached hydrogens (tertiary/aromatic N) is 1. The maximum Gasteiger partial charge on any atom is 0.250 e. The van der Waals surface area contributed by atoms with Crippen molar-refractivity contribution in [1.29, 1.82) is 0 Å². The van der Waals surface area contributed by atoms with Gasteiger partial charge in [0.2, 0.25) is 11.8 Å². The molecule has 6 heteroatoms. The van der Waals surface area contributed by atoms with E-state index in [2.05, 4.69) is 5.32 Å². The molecule has 0 spiro atoms. The van der Waals surface area contributed by atoms with Crippen molar-refractivity contribution in [2.24, 2.45) is 5.92 Å². The molecule has 1 aliphatic heterocycles. The summed E-state index contributed by atoms with van der Waals surface area (Å²) in [6.45, 7) is 4.93. The molecule has 1 saturated heterocycles. The Kier molecular flexibility index (Phi) is 3.74. The first kappa shape index (κ1) is 14.4. The van der Waals surface area contributed by atoms with E-state index in [4.69, 9.17) is 0 Å². The van der Waals surface area contributed by atoms with Crippen molar-refractivity contribution >= 4 is 17.5 Å². The van der Waals surface area contributed by atoms with Crippen LogP contribution in [0.4, 0.5) is 14.5 Å². The Morgan fingerprint density at radius 2 is 1.75 bits per heavy atom. The minimum absolute atomic E-state index is 0.273. The Balaban J connectivity index is 2.59. The van der Waals surface area contributed by atoms with Crippen LogP contribution in [0, 0.1) is 17.6 Å². The average molecular weight is 282 g/mol. The van der Waals surface area contributed by atoms with Crippen LogP contribution in [0.5, 0.6) is 0 Å². The van der Waals surface area contributed by atoms with Gasteiger partial charge in [-0.2, -0.15) is 0 Å². The molecule has 1 N–H and O–H groups in total. The number of benzene rings is 1. The molecular weight excluding hydrogens is 266 g/mol. The van der Waals surface area contributed by atoms with Crippen LogP contribution < -0.4 is 10.2 Å². The molecule has 0 bridgehead atoms. The predicted molar refractivity (Wildman–Crippen MR) is 70.1 cm³/mol. The third-order valence-corrected chi connectivity index (χ3v) is 3.32.